The Bertz CT molecular complexity index is 683. The predicted molar refractivity (Wildman–Crippen MR) is 104 cm³/mol. The SMILES string of the molecule is Cl.O=C(CC1CC2CCC(C1)N2)Nc1ccc(Sc2nncs2)cc1. The topological polar surface area (TPSA) is 66.9 Å². The van der Waals surface area contributed by atoms with E-state index in [1.54, 1.807) is 17.3 Å². The molecule has 4 rings (SSSR count). The zero-order valence-electron chi connectivity index (χ0n) is 13.7. The van der Waals surface area contributed by atoms with Crippen molar-refractivity contribution in [2.24, 2.45) is 5.92 Å². The number of fused-ring (bicyclic) bond motifs is 2. The minimum atomic E-state index is 0. The molecule has 8 heteroatoms. The first-order valence-corrected chi connectivity index (χ1v) is 10.0. The first kappa shape index (κ1) is 18.6. The number of aromatic nitrogens is 2. The van der Waals surface area contributed by atoms with Crippen LogP contribution in [0.3, 0.4) is 0 Å². The lowest BCUT2D eigenvalue weighted by molar-refractivity contribution is -0.117. The molecule has 134 valence electrons. The maximum Gasteiger partial charge on any atom is 0.224 e. The molecule has 2 aromatic rings. The third kappa shape index (κ3) is 4.94. The Kier molecular flexibility index (Phi) is 6.33. The van der Waals surface area contributed by atoms with Gasteiger partial charge in [0, 0.05) is 29.1 Å². The van der Waals surface area contributed by atoms with Gasteiger partial charge >= 0.3 is 0 Å². The Labute approximate surface area is 161 Å². The summed E-state index contributed by atoms with van der Waals surface area (Å²) in [6.45, 7) is 0. The molecule has 2 atom stereocenters. The van der Waals surface area contributed by atoms with Gasteiger partial charge in [0.25, 0.3) is 0 Å². The Hall–Kier alpha value is -1.15. The Morgan fingerprint density at radius 2 is 1.96 bits per heavy atom. The number of piperidine rings is 1. The van der Waals surface area contributed by atoms with Crippen molar-refractivity contribution in [1.29, 1.82) is 0 Å². The van der Waals surface area contributed by atoms with Crippen molar-refractivity contribution in [2.45, 2.75) is 53.4 Å². The lowest BCUT2D eigenvalue weighted by atomic mass is 9.89. The molecule has 1 aromatic carbocycles. The number of amides is 1. The molecule has 0 aliphatic carbocycles. The van der Waals surface area contributed by atoms with Gasteiger partial charge in [-0.3, -0.25) is 4.79 Å². The number of carbonyl (C=O) groups is 1. The minimum Gasteiger partial charge on any atom is -0.326 e. The molecule has 2 saturated heterocycles. The first-order chi connectivity index (χ1) is 11.7. The maximum atomic E-state index is 12.3. The second kappa shape index (κ2) is 8.49. The average molecular weight is 397 g/mol. The summed E-state index contributed by atoms with van der Waals surface area (Å²) >= 11 is 3.11. The molecular formula is C17H21ClN4OS2. The molecule has 2 N–H and O–H groups in total. The summed E-state index contributed by atoms with van der Waals surface area (Å²) in [5, 5.41) is 14.5. The van der Waals surface area contributed by atoms with E-state index in [1.807, 2.05) is 24.3 Å². The molecule has 0 radical (unpaired) electrons. The molecule has 1 aromatic heterocycles. The largest absolute Gasteiger partial charge is 0.326 e. The van der Waals surface area contributed by atoms with Crippen molar-refractivity contribution in [3.05, 3.63) is 29.8 Å². The van der Waals surface area contributed by atoms with Gasteiger partial charge in [0.2, 0.25) is 5.91 Å². The Morgan fingerprint density at radius 3 is 2.60 bits per heavy atom. The van der Waals surface area contributed by atoms with Crippen LogP contribution in [0.1, 0.15) is 32.1 Å². The first-order valence-electron chi connectivity index (χ1n) is 8.34. The van der Waals surface area contributed by atoms with Crippen molar-refractivity contribution < 1.29 is 4.79 Å². The predicted octanol–water partition coefficient (Wildman–Crippen LogP) is 3.97. The Morgan fingerprint density at radius 1 is 1.24 bits per heavy atom. The van der Waals surface area contributed by atoms with Crippen molar-refractivity contribution in [3.8, 4) is 0 Å². The van der Waals surface area contributed by atoms with Gasteiger partial charge in [0.1, 0.15) is 5.51 Å². The second-order valence-corrected chi connectivity index (χ2v) is 8.71. The summed E-state index contributed by atoms with van der Waals surface area (Å²) in [7, 11) is 0. The van der Waals surface area contributed by atoms with Crippen molar-refractivity contribution in [1.82, 2.24) is 15.5 Å². The fourth-order valence-electron chi connectivity index (χ4n) is 3.73. The quantitative estimate of drug-likeness (QED) is 0.800. The minimum absolute atomic E-state index is 0. The fraction of sp³-hybridized carbons (Fsp3) is 0.471. The van der Waals surface area contributed by atoms with E-state index in [0.29, 0.717) is 24.4 Å². The summed E-state index contributed by atoms with van der Waals surface area (Å²) < 4.78 is 0.923. The summed E-state index contributed by atoms with van der Waals surface area (Å²) in [6, 6.07) is 9.19. The third-order valence-electron chi connectivity index (χ3n) is 4.73. The van der Waals surface area contributed by atoms with Crippen LogP contribution in [0.5, 0.6) is 0 Å². The average Bonchev–Trinajstić information content (AvgIpc) is 3.19. The lowest BCUT2D eigenvalue weighted by Gasteiger charge is -2.28. The number of hydrogen-bond acceptors (Lipinski definition) is 6. The number of benzene rings is 1. The maximum absolute atomic E-state index is 12.3. The molecule has 0 spiro atoms. The third-order valence-corrected chi connectivity index (χ3v) is 6.51. The van der Waals surface area contributed by atoms with Crippen molar-refractivity contribution >= 4 is 47.1 Å². The number of carbonyl (C=O) groups excluding carboxylic acids is 1. The smallest absolute Gasteiger partial charge is 0.224 e. The van der Waals surface area contributed by atoms with E-state index in [1.165, 1.54) is 24.2 Å². The highest BCUT2D eigenvalue weighted by Gasteiger charge is 2.34. The van der Waals surface area contributed by atoms with Crippen LogP contribution < -0.4 is 10.6 Å². The van der Waals surface area contributed by atoms with E-state index < -0.39 is 0 Å². The molecule has 2 aliphatic rings. The fourth-order valence-corrected chi connectivity index (χ4v) is 5.18. The van der Waals surface area contributed by atoms with Crippen LogP contribution in [0.4, 0.5) is 5.69 Å². The highest BCUT2D eigenvalue weighted by Crippen LogP contribution is 2.33. The van der Waals surface area contributed by atoms with Gasteiger partial charge in [0.05, 0.1) is 0 Å². The highest BCUT2D eigenvalue weighted by molar-refractivity contribution is 8.01. The lowest BCUT2D eigenvalue weighted by Crippen LogP contribution is -2.39. The van der Waals surface area contributed by atoms with E-state index in [0.717, 1.165) is 27.8 Å². The normalized spacial score (nSPS) is 24.6. The molecule has 2 fully saturated rings. The molecule has 25 heavy (non-hydrogen) atoms. The number of rotatable bonds is 5. The van der Waals surface area contributed by atoms with E-state index in [9.17, 15) is 4.79 Å². The van der Waals surface area contributed by atoms with E-state index in [4.69, 9.17) is 0 Å². The van der Waals surface area contributed by atoms with Gasteiger partial charge in [-0.25, -0.2) is 0 Å². The number of anilines is 1. The van der Waals surface area contributed by atoms with Gasteiger partial charge in [-0.05, 0) is 55.9 Å². The van der Waals surface area contributed by atoms with E-state index >= 15 is 0 Å². The van der Waals surface area contributed by atoms with Crippen LogP contribution in [0.15, 0.2) is 39.0 Å². The van der Waals surface area contributed by atoms with E-state index in [-0.39, 0.29) is 18.3 Å². The van der Waals surface area contributed by atoms with Gasteiger partial charge < -0.3 is 10.6 Å². The molecule has 2 unspecified atom stereocenters. The number of hydrogen-bond donors (Lipinski definition) is 2. The molecule has 2 bridgehead atoms. The van der Waals surface area contributed by atoms with Gasteiger partial charge in [-0.2, -0.15) is 0 Å². The molecular weight excluding hydrogens is 376 g/mol. The van der Waals surface area contributed by atoms with Gasteiger partial charge in [-0.1, -0.05) is 23.1 Å². The van der Waals surface area contributed by atoms with Crippen molar-refractivity contribution in [2.75, 3.05) is 5.32 Å². The number of halogens is 1. The summed E-state index contributed by atoms with van der Waals surface area (Å²) in [4.78, 5) is 13.4. The number of nitrogens with one attached hydrogen (secondary N) is 2. The van der Waals surface area contributed by atoms with Crippen LogP contribution in [-0.4, -0.2) is 28.2 Å². The van der Waals surface area contributed by atoms with Crippen LogP contribution >= 0.6 is 35.5 Å². The summed E-state index contributed by atoms with van der Waals surface area (Å²) in [6.07, 6.45) is 5.46. The summed E-state index contributed by atoms with van der Waals surface area (Å²) in [5.41, 5.74) is 2.59. The molecule has 2 aliphatic heterocycles. The monoisotopic (exact) mass is 396 g/mol. The number of nitrogens with zero attached hydrogens (tertiary/aromatic N) is 2. The molecule has 1 amide bonds. The van der Waals surface area contributed by atoms with Crippen molar-refractivity contribution in [3.63, 3.8) is 0 Å². The molecule has 3 heterocycles. The second-order valence-electron chi connectivity index (χ2n) is 6.56. The highest BCUT2D eigenvalue weighted by atomic mass is 35.5. The van der Waals surface area contributed by atoms with Crippen LogP contribution in [0.25, 0.3) is 0 Å². The van der Waals surface area contributed by atoms with Crippen LogP contribution in [0.2, 0.25) is 0 Å². The zero-order chi connectivity index (χ0) is 16.4. The van der Waals surface area contributed by atoms with Crippen LogP contribution in [-0.2, 0) is 4.79 Å². The zero-order valence-corrected chi connectivity index (χ0v) is 16.1. The van der Waals surface area contributed by atoms with Gasteiger partial charge in [-0.15, -0.1) is 22.6 Å². The van der Waals surface area contributed by atoms with Crippen LogP contribution in [0, 0.1) is 5.92 Å². The molecule has 0 saturated carbocycles. The molecule has 5 nitrogen and oxygen atoms in total. The summed E-state index contributed by atoms with van der Waals surface area (Å²) in [5.74, 6) is 0.654. The van der Waals surface area contributed by atoms with Gasteiger partial charge in [0.15, 0.2) is 4.34 Å². The Balaban J connectivity index is 0.00000182. The standard InChI is InChI=1S/C17H20N4OS2.ClH/c22-16(9-11-7-13-1-2-14(8-11)19-13)20-12-3-5-15(6-4-12)24-17-21-18-10-23-17;/h3-6,10-11,13-14,19H,1-2,7-9H2,(H,20,22);1H. The van der Waals surface area contributed by atoms with E-state index in [2.05, 4.69) is 20.8 Å².